The smallest absolute Gasteiger partial charge is 0.336 e. The standard InChI is InChI=1S/C32H30ClNO4/c1-20-29(32(36)38-16-15-21-7-4-3-5-8-21)30(23-9-6-10-25(33)17-23)31-27(34-20)18-24(19-28(31)35)22-11-13-26(37-2)14-12-22/h3-14,17,24,30,34H,15-16,18-19H2,1-2H3/t24-,30+/m1/s1. The molecule has 0 aromatic heterocycles. The summed E-state index contributed by atoms with van der Waals surface area (Å²) in [6.07, 6.45) is 1.64. The molecule has 6 heteroatoms. The minimum Gasteiger partial charge on any atom is -0.497 e. The van der Waals surface area contributed by atoms with E-state index in [4.69, 9.17) is 21.1 Å². The molecule has 3 aromatic rings. The number of methoxy groups -OCH3 is 1. The first-order valence-corrected chi connectivity index (χ1v) is 13.2. The predicted molar refractivity (Wildman–Crippen MR) is 148 cm³/mol. The van der Waals surface area contributed by atoms with Crippen LogP contribution >= 0.6 is 11.6 Å². The molecule has 5 rings (SSSR count). The van der Waals surface area contributed by atoms with Crippen molar-refractivity contribution in [1.82, 2.24) is 5.32 Å². The van der Waals surface area contributed by atoms with E-state index in [1.165, 1.54) is 0 Å². The summed E-state index contributed by atoms with van der Waals surface area (Å²) in [5.74, 6) is -0.133. The Morgan fingerprint density at radius 3 is 2.45 bits per heavy atom. The van der Waals surface area contributed by atoms with Crippen molar-refractivity contribution in [3.63, 3.8) is 0 Å². The lowest BCUT2D eigenvalue weighted by atomic mass is 9.72. The molecule has 0 spiro atoms. The topological polar surface area (TPSA) is 64.6 Å². The van der Waals surface area contributed by atoms with Gasteiger partial charge in [0.15, 0.2) is 5.78 Å². The van der Waals surface area contributed by atoms with Crippen molar-refractivity contribution in [3.8, 4) is 5.75 Å². The van der Waals surface area contributed by atoms with E-state index >= 15 is 0 Å². The van der Waals surface area contributed by atoms with Crippen LogP contribution in [0.1, 0.15) is 48.3 Å². The fourth-order valence-electron chi connectivity index (χ4n) is 5.42. The van der Waals surface area contributed by atoms with Gasteiger partial charge < -0.3 is 14.8 Å². The fraction of sp³-hybridized carbons (Fsp3) is 0.250. The maximum absolute atomic E-state index is 13.7. The van der Waals surface area contributed by atoms with Gasteiger partial charge in [0.2, 0.25) is 0 Å². The number of allylic oxidation sites excluding steroid dienone is 3. The van der Waals surface area contributed by atoms with Gasteiger partial charge in [-0.3, -0.25) is 4.79 Å². The van der Waals surface area contributed by atoms with E-state index in [1.54, 1.807) is 13.2 Å². The van der Waals surface area contributed by atoms with Crippen LogP contribution in [0.3, 0.4) is 0 Å². The number of nitrogens with one attached hydrogen (secondary N) is 1. The number of hydrogen-bond donors (Lipinski definition) is 1. The third-order valence-electron chi connectivity index (χ3n) is 7.28. The zero-order valence-corrected chi connectivity index (χ0v) is 22.3. The van der Waals surface area contributed by atoms with Crippen molar-refractivity contribution < 1.29 is 19.1 Å². The van der Waals surface area contributed by atoms with Crippen molar-refractivity contribution in [2.24, 2.45) is 0 Å². The number of carbonyl (C=O) groups is 2. The molecule has 194 valence electrons. The number of dihydropyridines is 1. The van der Waals surface area contributed by atoms with Gasteiger partial charge in [-0.1, -0.05) is 66.2 Å². The summed E-state index contributed by atoms with van der Waals surface area (Å²) in [4.78, 5) is 27.2. The minimum absolute atomic E-state index is 0.0200. The first-order chi connectivity index (χ1) is 18.4. The zero-order chi connectivity index (χ0) is 26.6. The summed E-state index contributed by atoms with van der Waals surface area (Å²) in [5, 5.41) is 3.96. The lowest BCUT2D eigenvalue weighted by molar-refractivity contribution is -0.139. The molecular weight excluding hydrogens is 498 g/mol. The van der Waals surface area contributed by atoms with Crippen LogP contribution in [0.25, 0.3) is 0 Å². The Labute approximate surface area is 228 Å². The summed E-state index contributed by atoms with van der Waals surface area (Å²) < 4.78 is 11.0. The summed E-state index contributed by atoms with van der Waals surface area (Å²) in [5.41, 5.74) is 5.60. The number of carbonyl (C=O) groups excluding carboxylic acids is 2. The van der Waals surface area contributed by atoms with Crippen LogP contribution in [0, 0.1) is 0 Å². The average molecular weight is 528 g/mol. The quantitative estimate of drug-likeness (QED) is 0.355. The van der Waals surface area contributed by atoms with Crippen molar-refractivity contribution >= 4 is 23.4 Å². The molecule has 0 saturated carbocycles. The first-order valence-electron chi connectivity index (χ1n) is 12.8. The normalized spacial score (nSPS) is 19.1. The van der Waals surface area contributed by atoms with Gasteiger partial charge in [0.1, 0.15) is 5.75 Å². The van der Waals surface area contributed by atoms with E-state index < -0.39 is 11.9 Å². The lowest BCUT2D eigenvalue weighted by Crippen LogP contribution is -2.36. The van der Waals surface area contributed by atoms with E-state index in [1.807, 2.05) is 79.7 Å². The Bertz CT molecular complexity index is 1410. The molecule has 0 unspecified atom stereocenters. The van der Waals surface area contributed by atoms with Gasteiger partial charge in [-0.2, -0.15) is 0 Å². The Balaban J connectivity index is 1.45. The van der Waals surface area contributed by atoms with Crippen molar-refractivity contribution in [1.29, 1.82) is 0 Å². The number of ether oxygens (including phenoxy) is 2. The van der Waals surface area contributed by atoms with Crippen LogP contribution < -0.4 is 10.1 Å². The third-order valence-corrected chi connectivity index (χ3v) is 7.52. The Hall–Kier alpha value is -3.83. The second kappa shape index (κ2) is 11.3. The van der Waals surface area contributed by atoms with E-state index in [-0.39, 0.29) is 18.3 Å². The van der Waals surface area contributed by atoms with E-state index in [0.29, 0.717) is 41.1 Å². The highest BCUT2D eigenvalue weighted by Crippen LogP contribution is 2.46. The monoisotopic (exact) mass is 527 g/mol. The number of hydrogen-bond acceptors (Lipinski definition) is 5. The van der Waals surface area contributed by atoms with Crippen molar-refractivity contribution in [3.05, 3.63) is 123 Å². The molecule has 0 bridgehead atoms. The third kappa shape index (κ3) is 5.39. The van der Waals surface area contributed by atoms with Crippen molar-refractivity contribution in [2.75, 3.05) is 13.7 Å². The predicted octanol–water partition coefficient (Wildman–Crippen LogP) is 6.50. The van der Waals surface area contributed by atoms with Gasteiger partial charge in [-0.15, -0.1) is 0 Å². The van der Waals surface area contributed by atoms with Crippen molar-refractivity contribution in [2.45, 2.75) is 38.0 Å². The van der Waals surface area contributed by atoms with Gasteiger partial charge in [0.25, 0.3) is 0 Å². The average Bonchev–Trinajstić information content (AvgIpc) is 2.92. The maximum Gasteiger partial charge on any atom is 0.336 e. The van der Waals surface area contributed by atoms with Crippen LogP contribution in [0.2, 0.25) is 5.02 Å². The maximum atomic E-state index is 13.7. The molecular formula is C32H30ClNO4. The van der Waals surface area contributed by atoms with E-state index in [2.05, 4.69) is 5.32 Å². The molecule has 5 nitrogen and oxygen atoms in total. The van der Waals surface area contributed by atoms with Gasteiger partial charge in [0, 0.05) is 40.7 Å². The summed E-state index contributed by atoms with van der Waals surface area (Å²) in [6.45, 7) is 2.12. The van der Waals surface area contributed by atoms with Gasteiger partial charge in [0.05, 0.1) is 19.3 Å². The van der Waals surface area contributed by atoms with Crippen LogP contribution in [0.15, 0.2) is 101 Å². The second-order valence-corrected chi connectivity index (χ2v) is 10.2. The molecule has 1 N–H and O–H groups in total. The van der Waals surface area contributed by atoms with Crippen LogP contribution in [0.4, 0.5) is 0 Å². The largest absolute Gasteiger partial charge is 0.497 e. The molecule has 38 heavy (non-hydrogen) atoms. The molecule has 0 amide bonds. The Morgan fingerprint density at radius 1 is 0.974 bits per heavy atom. The first kappa shape index (κ1) is 25.8. The number of Topliss-reactive ketones (excluding diaryl/α,β-unsaturated/α-hetero) is 1. The summed E-state index contributed by atoms with van der Waals surface area (Å²) in [7, 11) is 1.64. The summed E-state index contributed by atoms with van der Waals surface area (Å²) >= 11 is 6.36. The highest BCUT2D eigenvalue weighted by Gasteiger charge is 2.41. The Kier molecular flexibility index (Phi) is 7.66. The molecule has 0 saturated heterocycles. The van der Waals surface area contributed by atoms with E-state index in [0.717, 1.165) is 28.1 Å². The van der Waals surface area contributed by atoms with Gasteiger partial charge in [-0.05, 0) is 60.2 Å². The molecule has 2 aliphatic rings. The number of halogens is 1. The molecule has 1 heterocycles. The lowest BCUT2D eigenvalue weighted by Gasteiger charge is -2.36. The minimum atomic E-state index is -0.543. The highest BCUT2D eigenvalue weighted by atomic mass is 35.5. The zero-order valence-electron chi connectivity index (χ0n) is 21.5. The second-order valence-electron chi connectivity index (χ2n) is 9.72. The number of esters is 1. The molecule has 1 aliphatic heterocycles. The molecule has 0 fully saturated rings. The SMILES string of the molecule is COc1ccc([C@H]2CC(=O)C3=C(C2)NC(C)=C(C(=O)OCCc2ccccc2)[C@@H]3c2cccc(Cl)c2)cc1. The number of rotatable bonds is 7. The van der Waals surface area contributed by atoms with Gasteiger partial charge in [-0.25, -0.2) is 4.79 Å². The summed E-state index contributed by atoms with van der Waals surface area (Å²) in [6, 6.07) is 25.1. The number of ketones is 1. The Morgan fingerprint density at radius 2 is 1.74 bits per heavy atom. The van der Waals surface area contributed by atoms with Crippen LogP contribution in [0.5, 0.6) is 5.75 Å². The number of benzene rings is 3. The van der Waals surface area contributed by atoms with E-state index in [9.17, 15) is 9.59 Å². The molecule has 0 radical (unpaired) electrons. The highest BCUT2D eigenvalue weighted by molar-refractivity contribution is 6.30. The molecule has 2 atom stereocenters. The van der Waals surface area contributed by atoms with Gasteiger partial charge >= 0.3 is 5.97 Å². The van der Waals surface area contributed by atoms with Crippen LogP contribution in [-0.4, -0.2) is 25.5 Å². The van der Waals surface area contributed by atoms with Crippen LogP contribution in [-0.2, 0) is 20.7 Å². The fourth-order valence-corrected chi connectivity index (χ4v) is 5.62. The molecule has 3 aromatic carbocycles. The molecule has 1 aliphatic carbocycles.